The van der Waals surface area contributed by atoms with Crippen LogP contribution in [0.4, 0.5) is 23.2 Å². The van der Waals surface area contributed by atoms with Crippen LogP contribution >= 0.6 is 0 Å². The van der Waals surface area contributed by atoms with Crippen LogP contribution in [-0.4, -0.2) is 0 Å². The molecule has 0 saturated heterocycles. The molecule has 0 aromatic heterocycles. The Hall–Kier alpha value is -1.26. The number of anilines is 1. The molecule has 1 rings (SSSR count). The Morgan fingerprint density at radius 2 is 1.47 bits per heavy atom. The van der Waals surface area contributed by atoms with E-state index in [2.05, 4.69) is 0 Å². The van der Waals surface area contributed by atoms with Gasteiger partial charge in [-0.2, -0.15) is 0 Å². The van der Waals surface area contributed by atoms with E-state index in [1.807, 2.05) is 13.8 Å². The van der Waals surface area contributed by atoms with Gasteiger partial charge in [0, 0.05) is 5.56 Å². The van der Waals surface area contributed by atoms with Crippen molar-refractivity contribution in [3.8, 4) is 0 Å². The number of halogens is 4. The van der Waals surface area contributed by atoms with Gasteiger partial charge in [-0.15, -0.1) is 0 Å². The normalized spacial score (nSPS) is 11.2. The van der Waals surface area contributed by atoms with Crippen molar-refractivity contribution in [2.75, 3.05) is 5.73 Å². The van der Waals surface area contributed by atoms with Crippen molar-refractivity contribution in [2.24, 2.45) is 5.92 Å². The smallest absolute Gasteiger partial charge is 0.199 e. The summed E-state index contributed by atoms with van der Waals surface area (Å²) in [7, 11) is 0. The average Bonchev–Trinajstić information content (AvgIpc) is 2.28. The minimum Gasteiger partial charge on any atom is -0.396 e. The SMILES string of the molecule is CC(C)CCCc1c(N)c(F)c(F)c(F)c1F. The van der Waals surface area contributed by atoms with Crippen LogP contribution in [0.5, 0.6) is 0 Å². The van der Waals surface area contributed by atoms with Crippen LogP contribution in [0.3, 0.4) is 0 Å². The first-order chi connectivity index (χ1) is 7.86. The van der Waals surface area contributed by atoms with Crippen molar-refractivity contribution in [3.05, 3.63) is 28.8 Å². The minimum absolute atomic E-state index is 0.101. The second-order valence-corrected chi connectivity index (χ2v) is 4.43. The van der Waals surface area contributed by atoms with Gasteiger partial charge in [0.15, 0.2) is 23.3 Å². The quantitative estimate of drug-likeness (QED) is 0.373. The molecule has 0 fully saturated rings. The standard InChI is InChI=1S/C12H15F4N/c1-6(2)4-3-5-7-8(13)9(14)10(15)11(16)12(7)17/h6H,3-5,17H2,1-2H3. The van der Waals surface area contributed by atoms with Crippen LogP contribution in [0.15, 0.2) is 0 Å². The van der Waals surface area contributed by atoms with Gasteiger partial charge >= 0.3 is 0 Å². The summed E-state index contributed by atoms with van der Waals surface area (Å²) in [6.07, 6.45) is 1.42. The fourth-order valence-electron chi connectivity index (χ4n) is 1.63. The van der Waals surface area contributed by atoms with E-state index in [0.717, 1.165) is 6.42 Å². The molecule has 0 atom stereocenters. The van der Waals surface area contributed by atoms with Gasteiger partial charge in [-0.1, -0.05) is 20.3 Å². The molecular formula is C12H15F4N. The lowest BCUT2D eigenvalue weighted by Crippen LogP contribution is -2.08. The molecule has 1 nitrogen and oxygen atoms in total. The summed E-state index contributed by atoms with van der Waals surface area (Å²) in [5, 5.41) is 0. The molecule has 0 amide bonds. The van der Waals surface area contributed by atoms with E-state index in [1.165, 1.54) is 0 Å². The molecular weight excluding hydrogens is 234 g/mol. The first-order valence-corrected chi connectivity index (χ1v) is 5.46. The van der Waals surface area contributed by atoms with Crippen LogP contribution in [0, 0.1) is 29.2 Å². The maximum absolute atomic E-state index is 13.4. The number of nitrogens with two attached hydrogens (primary N) is 1. The maximum atomic E-state index is 13.4. The summed E-state index contributed by atoms with van der Waals surface area (Å²) in [5.74, 6) is -6.15. The van der Waals surface area contributed by atoms with E-state index in [4.69, 9.17) is 5.73 Å². The van der Waals surface area contributed by atoms with Crippen LogP contribution < -0.4 is 5.73 Å². The largest absolute Gasteiger partial charge is 0.396 e. The van der Waals surface area contributed by atoms with Gasteiger partial charge in [-0.25, -0.2) is 17.6 Å². The zero-order valence-corrected chi connectivity index (χ0v) is 9.79. The molecule has 17 heavy (non-hydrogen) atoms. The van der Waals surface area contributed by atoms with Crippen LogP contribution in [0.2, 0.25) is 0 Å². The molecule has 0 bridgehead atoms. The third-order valence-electron chi connectivity index (χ3n) is 2.61. The third kappa shape index (κ3) is 2.90. The highest BCUT2D eigenvalue weighted by Crippen LogP contribution is 2.27. The predicted molar refractivity (Wildman–Crippen MR) is 58.5 cm³/mol. The second kappa shape index (κ2) is 5.38. The predicted octanol–water partition coefficient (Wildman–Crippen LogP) is 3.80. The van der Waals surface area contributed by atoms with Gasteiger partial charge in [0.25, 0.3) is 0 Å². The number of benzene rings is 1. The summed E-state index contributed by atoms with van der Waals surface area (Å²) in [6, 6.07) is 0. The molecule has 0 spiro atoms. The Kier molecular flexibility index (Phi) is 4.37. The first kappa shape index (κ1) is 13.8. The zero-order chi connectivity index (χ0) is 13.2. The number of nitrogen functional groups attached to an aromatic ring is 1. The minimum atomic E-state index is -1.85. The van der Waals surface area contributed by atoms with E-state index in [9.17, 15) is 17.6 Å². The Bertz CT molecular complexity index is 386. The Labute approximate surface area is 97.6 Å². The van der Waals surface area contributed by atoms with Crippen molar-refractivity contribution in [2.45, 2.75) is 33.1 Å². The molecule has 2 N–H and O–H groups in total. The molecule has 0 radical (unpaired) electrons. The second-order valence-electron chi connectivity index (χ2n) is 4.43. The zero-order valence-electron chi connectivity index (χ0n) is 9.79. The van der Waals surface area contributed by atoms with Crippen molar-refractivity contribution >= 4 is 5.69 Å². The Balaban J connectivity index is 2.99. The van der Waals surface area contributed by atoms with Gasteiger partial charge in [0.1, 0.15) is 0 Å². The summed E-state index contributed by atoms with van der Waals surface area (Å²) >= 11 is 0. The summed E-state index contributed by atoms with van der Waals surface area (Å²) in [5.41, 5.74) is 4.34. The Morgan fingerprint density at radius 3 is 2.00 bits per heavy atom. The highest BCUT2D eigenvalue weighted by atomic mass is 19.2. The van der Waals surface area contributed by atoms with Crippen molar-refractivity contribution < 1.29 is 17.6 Å². The Morgan fingerprint density at radius 1 is 0.941 bits per heavy atom. The summed E-state index contributed by atoms with van der Waals surface area (Å²) in [6.45, 7) is 3.96. The van der Waals surface area contributed by atoms with Crippen molar-refractivity contribution in [1.29, 1.82) is 0 Å². The molecule has 5 heteroatoms. The maximum Gasteiger partial charge on any atom is 0.199 e. The molecule has 0 heterocycles. The van der Waals surface area contributed by atoms with E-state index in [-0.39, 0.29) is 12.0 Å². The molecule has 0 aliphatic carbocycles. The number of rotatable bonds is 4. The average molecular weight is 249 g/mol. The lowest BCUT2D eigenvalue weighted by Gasteiger charge is -2.10. The van der Waals surface area contributed by atoms with Crippen molar-refractivity contribution in [1.82, 2.24) is 0 Å². The highest BCUT2D eigenvalue weighted by molar-refractivity contribution is 5.49. The fourth-order valence-corrected chi connectivity index (χ4v) is 1.63. The van der Waals surface area contributed by atoms with Gasteiger partial charge < -0.3 is 5.73 Å². The molecule has 0 saturated carbocycles. The highest BCUT2D eigenvalue weighted by Gasteiger charge is 2.23. The molecule has 1 aromatic carbocycles. The third-order valence-corrected chi connectivity index (χ3v) is 2.61. The fraction of sp³-hybridized carbons (Fsp3) is 0.500. The molecule has 96 valence electrons. The summed E-state index contributed by atoms with van der Waals surface area (Å²) in [4.78, 5) is 0. The van der Waals surface area contributed by atoms with Gasteiger partial charge in [0.2, 0.25) is 0 Å². The van der Waals surface area contributed by atoms with E-state index in [1.54, 1.807) is 0 Å². The molecule has 0 unspecified atom stereocenters. The molecule has 0 aliphatic rings. The molecule has 1 aromatic rings. The topological polar surface area (TPSA) is 26.0 Å². The van der Waals surface area contributed by atoms with Crippen LogP contribution in [0.25, 0.3) is 0 Å². The van der Waals surface area contributed by atoms with E-state index < -0.39 is 29.0 Å². The number of hydrogen-bond acceptors (Lipinski definition) is 1. The van der Waals surface area contributed by atoms with Gasteiger partial charge in [-0.3, -0.25) is 0 Å². The number of hydrogen-bond donors (Lipinski definition) is 1. The van der Waals surface area contributed by atoms with E-state index >= 15 is 0 Å². The first-order valence-electron chi connectivity index (χ1n) is 5.46. The summed E-state index contributed by atoms with van der Waals surface area (Å²) < 4.78 is 52.3. The van der Waals surface area contributed by atoms with Gasteiger partial charge in [0.05, 0.1) is 5.69 Å². The van der Waals surface area contributed by atoms with E-state index in [0.29, 0.717) is 12.3 Å². The van der Waals surface area contributed by atoms with Crippen LogP contribution in [0.1, 0.15) is 32.3 Å². The van der Waals surface area contributed by atoms with Crippen LogP contribution in [-0.2, 0) is 6.42 Å². The lowest BCUT2D eigenvalue weighted by atomic mass is 10.0. The lowest BCUT2D eigenvalue weighted by molar-refractivity contribution is 0.405. The van der Waals surface area contributed by atoms with Gasteiger partial charge in [-0.05, 0) is 18.8 Å². The van der Waals surface area contributed by atoms with Crippen molar-refractivity contribution in [3.63, 3.8) is 0 Å². The molecule has 0 aliphatic heterocycles. The monoisotopic (exact) mass is 249 g/mol.